The maximum atomic E-state index is 14.1. The molecule has 1 aromatic heterocycles. The van der Waals surface area contributed by atoms with Gasteiger partial charge >= 0.3 is 0 Å². The summed E-state index contributed by atoms with van der Waals surface area (Å²) in [7, 11) is 6.75. The minimum absolute atomic E-state index is 0.149. The third-order valence-electron chi connectivity index (χ3n) is 7.24. The molecule has 0 unspecified atom stereocenters. The summed E-state index contributed by atoms with van der Waals surface area (Å²) in [6.07, 6.45) is 2.55. The highest BCUT2D eigenvalue weighted by Gasteiger charge is 2.27. The van der Waals surface area contributed by atoms with Crippen LogP contribution in [0.15, 0.2) is 52.2 Å². The van der Waals surface area contributed by atoms with Crippen LogP contribution in [0.4, 0.5) is 16.2 Å². The number of thioether (sulfide) groups is 1. The zero-order valence-corrected chi connectivity index (χ0v) is 26.2. The Morgan fingerprint density at radius 1 is 1.07 bits per heavy atom. The van der Waals surface area contributed by atoms with Crippen molar-refractivity contribution in [3.05, 3.63) is 69.0 Å². The van der Waals surface area contributed by atoms with Crippen molar-refractivity contribution in [3.8, 4) is 22.9 Å². The second kappa shape index (κ2) is 14.3. The van der Waals surface area contributed by atoms with E-state index in [4.69, 9.17) is 14.5 Å². The van der Waals surface area contributed by atoms with E-state index in [1.165, 1.54) is 0 Å². The van der Waals surface area contributed by atoms with Crippen molar-refractivity contribution in [2.45, 2.75) is 39.7 Å². The lowest BCUT2D eigenvalue weighted by molar-refractivity contribution is -0.115. The predicted molar refractivity (Wildman–Crippen MR) is 172 cm³/mol. The molecule has 43 heavy (non-hydrogen) atoms. The smallest absolute Gasteiger partial charge is 0.290 e. The molecule has 3 aromatic rings. The molecule has 1 saturated heterocycles. The summed E-state index contributed by atoms with van der Waals surface area (Å²) in [4.78, 5) is 43.1. The number of hydrazine groups is 1. The number of methoxy groups -OCH3 is 2. The van der Waals surface area contributed by atoms with Gasteiger partial charge < -0.3 is 19.8 Å². The van der Waals surface area contributed by atoms with E-state index < -0.39 is 0 Å². The highest BCUT2D eigenvalue weighted by atomic mass is 32.2. The molecule has 11 nitrogen and oxygen atoms in total. The Labute approximate surface area is 255 Å². The van der Waals surface area contributed by atoms with Gasteiger partial charge in [-0.05, 0) is 73.0 Å². The van der Waals surface area contributed by atoms with Gasteiger partial charge in [0.25, 0.3) is 16.7 Å². The first-order valence-electron chi connectivity index (χ1n) is 14.1. The fraction of sp³-hybridized carbons (Fsp3) is 0.355. The number of nitrogens with zero attached hydrogens (tertiary/aromatic N) is 3. The van der Waals surface area contributed by atoms with Crippen LogP contribution < -0.4 is 36.1 Å². The van der Waals surface area contributed by atoms with Gasteiger partial charge in [0.1, 0.15) is 11.5 Å². The molecule has 12 heteroatoms. The summed E-state index contributed by atoms with van der Waals surface area (Å²) in [5.74, 6) is 1.32. The van der Waals surface area contributed by atoms with Crippen LogP contribution in [-0.2, 0) is 17.8 Å². The topological polar surface area (TPSA) is 127 Å². The molecule has 0 aliphatic carbocycles. The van der Waals surface area contributed by atoms with Crippen LogP contribution in [0.3, 0.4) is 0 Å². The number of amides is 2. The number of aromatic nitrogens is 2. The third kappa shape index (κ3) is 7.03. The van der Waals surface area contributed by atoms with Crippen molar-refractivity contribution in [2.75, 3.05) is 45.2 Å². The summed E-state index contributed by atoms with van der Waals surface area (Å²) in [5.41, 5.74) is 7.33. The number of hydrogen-bond acceptors (Lipinski definition) is 10. The van der Waals surface area contributed by atoms with Crippen LogP contribution in [0.25, 0.3) is 17.0 Å². The van der Waals surface area contributed by atoms with E-state index in [9.17, 15) is 14.4 Å². The highest BCUT2D eigenvalue weighted by molar-refractivity contribution is 8.18. The SMILES string of the molecule is CCCCc1nc(-c2ccc(OC)c(OC)c2)n(CCNc2ccc(/C(C)=C3\SC(=O)NC3=O)cc2)c(=O)c1N(C)NC. The maximum absolute atomic E-state index is 14.1. The average Bonchev–Trinajstić information content (AvgIpc) is 3.37. The van der Waals surface area contributed by atoms with Gasteiger partial charge in [0.15, 0.2) is 11.5 Å². The Morgan fingerprint density at radius 2 is 1.79 bits per heavy atom. The Bertz CT molecular complexity index is 1580. The second-order valence-electron chi connectivity index (χ2n) is 9.95. The Hall–Kier alpha value is -4.29. The number of nitrogens with one attached hydrogen (secondary N) is 3. The number of aryl methyl sites for hydroxylation is 1. The zero-order chi connectivity index (χ0) is 31.1. The maximum Gasteiger partial charge on any atom is 0.290 e. The van der Waals surface area contributed by atoms with Gasteiger partial charge in [-0.3, -0.25) is 24.3 Å². The Kier molecular flexibility index (Phi) is 10.5. The second-order valence-corrected chi connectivity index (χ2v) is 10.9. The molecule has 4 rings (SSSR count). The number of carbonyl (C=O) groups is 2. The van der Waals surface area contributed by atoms with E-state index in [2.05, 4.69) is 23.0 Å². The number of ether oxygens (including phenoxy) is 2. The van der Waals surface area contributed by atoms with Crippen molar-refractivity contribution in [2.24, 2.45) is 0 Å². The van der Waals surface area contributed by atoms with Crippen LogP contribution in [0.1, 0.15) is 37.9 Å². The van der Waals surface area contributed by atoms with Crippen LogP contribution in [-0.4, -0.2) is 55.6 Å². The standard InChI is InChI=1S/C31H38N6O5S/c1-7-8-9-23-26(36(4)32-3)30(39)37(28(34-23)21-12-15-24(41-5)25(18-21)42-6)17-16-33-22-13-10-20(11-14-22)19(2)27-29(38)35-31(40)43-27/h10-15,18,32-33H,7-9,16-17H2,1-6H3,(H,35,38,40)/b27-19-. The molecule has 1 fully saturated rings. The Balaban J connectivity index is 1.66. The van der Waals surface area contributed by atoms with Gasteiger partial charge in [-0.25, -0.2) is 10.4 Å². The van der Waals surface area contributed by atoms with Crippen LogP contribution in [0.5, 0.6) is 11.5 Å². The van der Waals surface area contributed by atoms with Gasteiger partial charge in [-0.1, -0.05) is 25.5 Å². The van der Waals surface area contributed by atoms with Gasteiger partial charge in [0, 0.05) is 38.4 Å². The first-order chi connectivity index (χ1) is 20.7. The van der Waals surface area contributed by atoms with E-state index in [-0.39, 0.29) is 16.7 Å². The van der Waals surface area contributed by atoms with Crippen LogP contribution in [0.2, 0.25) is 0 Å². The molecular formula is C31H38N6O5S. The fourth-order valence-corrected chi connectivity index (χ4v) is 5.55. The van der Waals surface area contributed by atoms with Crippen molar-refractivity contribution in [3.63, 3.8) is 0 Å². The zero-order valence-electron chi connectivity index (χ0n) is 25.4. The van der Waals surface area contributed by atoms with Crippen molar-refractivity contribution in [1.82, 2.24) is 20.3 Å². The molecule has 0 saturated carbocycles. The lowest BCUT2D eigenvalue weighted by Crippen LogP contribution is -2.39. The largest absolute Gasteiger partial charge is 0.493 e. The van der Waals surface area contributed by atoms with E-state index in [1.807, 2.05) is 56.4 Å². The number of anilines is 2. The first kappa shape index (κ1) is 31.6. The van der Waals surface area contributed by atoms with Crippen molar-refractivity contribution >= 4 is 39.9 Å². The summed E-state index contributed by atoms with van der Waals surface area (Å²) in [5, 5.41) is 7.04. The molecule has 2 amide bonds. The molecule has 2 heterocycles. The van der Waals surface area contributed by atoms with E-state index in [0.29, 0.717) is 47.4 Å². The summed E-state index contributed by atoms with van der Waals surface area (Å²) >= 11 is 0.911. The van der Waals surface area contributed by atoms with Crippen LogP contribution >= 0.6 is 11.8 Å². The molecule has 0 radical (unpaired) electrons. The quantitative estimate of drug-likeness (QED) is 0.187. The van der Waals surface area contributed by atoms with E-state index in [0.717, 1.165) is 52.7 Å². The summed E-state index contributed by atoms with van der Waals surface area (Å²) < 4.78 is 12.6. The number of unbranched alkanes of at least 4 members (excludes halogenated alkanes) is 1. The van der Waals surface area contributed by atoms with E-state index >= 15 is 0 Å². The molecule has 1 aliphatic heterocycles. The third-order valence-corrected chi connectivity index (χ3v) is 8.22. The number of allylic oxidation sites excluding steroid dienone is 1. The van der Waals surface area contributed by atoms with Crippen molar-refractivity contribution in [1.29, 1.82) is 0 Å². The van der Waals surface area contributed by atoms with E-state index in [1.54, 1.807) is 30.8 Å². The molecular weight excluding hydrogens is 568 g/mol. The predicted octanol–water partition coefficient (Wildman–Crippen LogP) is 4.67. The lowest BCUT2D eigenvalue weighted by atomic mass is 10.1. The van der Waals surface area contributed by atoms with Gasteiger partial charge in [0.05, 0.1) is 24.8 Å². The van der Waals surface area contributed by atoms with Gasteiger partial charge in [-0.2, -0.15) is 0 Å². The summed E-state index contributed by atoms with van der Waals surface area (Å²) in [6, 6.07) is 13.1. The molecule has 0 bridgehead atoms. The molecule has 1 aliphatic rings. The molecule has 0 spiro atoms. The number of hydrogen-bond donors (Lipinski definition) is 3. The highest BCUT2D eigenvalue weighted by Crippen LogP contribution is 2.33. The fourth-order valence-electron chi connectivity index (χ4n) is 4.80. The lowest BCUT2D eigenvalue weighted by Gasteiger charge is -2.23. The van der Waals surface area contributed by atoms with Crippen molar-refractivity contribution < 1.29 is 19.1 Å². The van der Waals surface area contributed by atoms with Gasteiger partial charge in [0.2, 0.25) is 0 Å². The number of benzene rings is 2. The Morgan fingerprint density at radius 3 is 2.40 bits per heavy atom. The first-order valence-corrected chi connectivity index (χ1v) is 14.9. The molecule has 0 atom stereocenters. The minimum Gasteiger partial charge on any atom is -0.493 e. The number of imide groups is 1. The molecule has 228 valence electrons. The summed E-state index contributed by atoms with van der Waals surface area (Å²) in [6.45, 7) is 4.73. The minimum atomic E-state index is -0.372. The molecule has 3 N–H and O–H groups in total. The number of rotatable bonds is 13. The average molecular weight is 607 g/mol. The molecule has 2 aromatic carbocycles. The number of carbonyl (C=O) groups excluding carboxylic acids is 2. The monoisotopic (exact) mass is 606 g/mol. The van der Waals surface area contributed by atoms with Gasteiger partial charge in [-0.15, -0.1) is 0 Å². The normalized spacial score (nSPS) is 14.0. The van der Waals surface area contributed by atoms with Crippen LogP contribution in [0, 0.1) is 0 Å².